The molecule has 0 amide bonds. The van der Waals surface area contributed by atoms with Crippen LogP contribution in [-0.2, 0) is 0 Å². The molecule has 3 aromatic heterocycles. The zero-order valence-corrected chi connectivity index (χ0v) is 27.3. The molecule has 0 aliphatic heterocycles. The zero-order valence-electron chi connectivity index (χ0n) is 26.5. The van der Waals surface area contributed by atoms with Gasteiger partial charge in [-0.05, 0) is 76.5 Å². The van der Waals surface area contributed by atoms with Crippen molar-refractivity contribution in [1.82, 2.24) is 9.55 Å². The molecule has 0 saturated heterocycles. The monoisotopic (exact) mass is 643 g/mol. The molecule has 0 bridgehead atoms. The second-order valence-corrected chi connectivity index (χ2v) is 13.5. The number of pyridine rings is 1. The van der Waals surface area contributed by atoms with Crippen LogP contribution in [0.1, 0.15) is 0 Å². The lowest BCUT2D eigenvalue weighted by Gasteiger charge is -2.25. The molecule has 3 heterocycles. The Kier molecular flexibility index (Phi) is 6.36. The van der Waals surface area contributed by atoms with E-state index in [1.54, 1.807) is 0 Å². The van der Waals surface area contributed by atoms with E-state index in [1.165, 1.54) is 58.4 Å². The number of thiophene rings is 1. The smallest absolute Gasteiger partial charge is 0.155 e. The molecule has 0 aliphatic rings. The van der Waals surface area contributed by atoms with Gasteiger partial charge in [0.05, 0.1) is 15.7 Å². The third-order valence-electron chi connectivity index (χ3n) is 9.63. The lowest BCUT2D eigenvalue weighted by atomic mass is 10.0. The fraction of sp³-hybridized carbons (Fsp3) is 0. The highest BCUT2D eigenvalue weighted by Crippen LogP contribution is 2.46. The molecule has 7 aromatic carbocycles. The molecule has 0 saturated carbocycles. The predicted molar refractivity (Wildman–Crippen MR) is 209 cm³/mol. The topological polar surface area (TPSA) is 21.1 Å². The maximum Gasteiger partial charge on any atom is 0.155 e. The largest absolute Gasteiger partial charge is 0.309 e. The molecule has 0 spiro atoms. The maximum atomic E-state index is 5.15. The Labute approximate surface area is 287 Å². The summed E-state index contributed by atoms with van der Waals surface area (Å²) in [6.45, 7) is 0. The van der Waals surface area contributed by atoms with Gasteiger partial charge in [-0.15, -0.1) is 11.3 Å². The van der Waals surface area contributed by atoms with Crippen molar-refractivity contribution in [1.29, 1.82) is 0 Å². The van der Waals surface area contributed by atoms with Crippen LogP contribution >= 0.6 is 11.3 Å². The highest BCUT2D eigenvalue weighted by molar-refractivity contribution is 7.26. The standard InChI is InChI=1S/C45H29N3S/c1-3-11-30(12-4-1)31-19-22-34(23-20-31)47(45-44-39(27-28-46-45)43-36-16-8-7-13-32(36)21-26-42(43)49-44)35-24-25-38-37-17-9-10-18-40(37)48(41(38)29-35)33-14-5-2-6-15-33/h1-29H. The SMILES string of the molecule is c1ccc(-c2ccc(N(c3ccc4c5ccccc5n(-c5ccccc5)c4c3)c3nccc4c3sc3ccc5ccccc5c34)cc2)cc1. The van der Waals surface area contributed by atoms with E-state index in [0.717, 1.165) is 28.4 Å². The normalized spacial score (nSPS) is 11.7. The molecule has 49 heavy (non-hydrogen) atoms. The number of benzene rings is 7. The van der Waals surface area contributed by atoms with Gasteiger partial charge in [-0.2, -0.15) is 0 Å². The molecular weight excluding hydrogens is 615 g/mol. The van der Waals surface area contributed by atoms with E-state index in [4.69, 9.17) is 4.98 Å². The molecule has 0 unspecified atom stereocenters. The van der Waals surface area contributed by atoms with Crippen LogP contribution in [0.15, 0.2) is 176 Å². The second-order valence-electron chi connectivity index (χ2n) is 12.4. The lowest BCUT2D eigenvalue weighted by Crippen LogP contribution is -2.11. The van der Waals surface area contributed by atoms with Crippen LogP contribution in [0.2, 0.25) is 0 Å². The number of nitrogens with zero attached hydrogens (tertiary/aromatic N) is 3. The zero-order chi connectivity index (χ0) is 32.3. The molecular formula is C45H29N3S. The molecule has 0 atom stereocenters. The van der Waals surface area contributed by atoms with Crippen LogP contribution in [0, 0.1) is 0 Å². The third-order valence-corrected chi connectivity index (χ3v) is 10.8. The minimum absolute atomic E-state index is 0.928. The summed E-state index contributed by atoms with van der Waals surface area (Å²) in [6.07, 6.45) is 1.97. The number of hydrogen-bond acceptors (Lipinski definition) is 3. The van der Waals surface area contributed by atoms with Crippen LogP contribution in [0.3, 0.4) is 0 Å². The van der Waals surface area contributed by atoms with Gasteiger partial charge >= 0.3 is 0 Å². The van der Waals surface area contributed by atoms with E-state index in [9.17, 15) is 0 Å². The van der Waals surface area contributed by atoms with E-state index in [0.29, 0.717) is 0 Å². The summed E-state index contributed by atoms with van der Waals surface area (Å²) in [5, 5.41) is 7.51. The van der Waals surface area contributed by atoms with Gasteiger partial charge in [-0.3, -0.25) is 4.90 Å². The van der Waals surface area contributed by atoms with Gasteiger partial charge in [0, 0.05) is 49.5 Å². The van der Waals surface area contributed by atoms with E-state index in [-0.39, 0.29) is 0 Å². The summed E-state index contributed by atoms with van der Waals surface area (Å²) in [5.41, 5.74) is 7.99. The number of para-hydroxylation sites is 2. The Hall–Kier alpha value is -6.23. The van der Waals surface area contributed by atoms with Crippen LogP contribution < -0.4 is 4.90 Å². The minimum atomic E-state index is 0.928. The first-order valence-electron chi connectivity index (χ1n) is 16.5. The van der Waals surface area contributed by atoms with Crippen molar-refractivity contribution < 1.29 is 0 Å². The van der Waals surface area contributed by atoms with Crippen LogP contribution in [0.25, 0.3) is 69.6 Å². The van der Waals surface area contributed by atoms with Crippen molar-refractivity contribution in [3.8, 4) is 16.8 Å². The first kappa shape index (κ1) is 27.8. The van der Waals surface area contributed by atoms with E-state index < -0.39 is 0 Å². The molecule has 10 rings (SSSR count). The summed E-state index contributed by atoms with van der Waals surface area (Å²) in [6, 6.07) is 61.0. The molecule has 10 aromatic rings. The fourth-order valence-corrected chi connectivity index (χ4v) is 8.59. The maximum absolute atomic E-state index is 5.15. The Bertz CT molecular complexity index is 2820. The van der Waals surface area contributed by atoms with Gasteiger partial charge in [0.25, 0.3) is 0 Å². The summed E-state index contributed by atoms with van der Waals surface area (Å²) in [5.74, 6) is 0.928. The van der Waals surface area contributed by atoms with Crippen molar-refractivity contribution in [2.45, 2.75) is 0 Å². The summed E-state index contributed by atoms with van der Waals surface area (Å²) in [7, 11) is 0. The van der Waals surface area contributed by atoms with Crippen molar-refractivity contribution in [2.24, 2.45) is 0 Å². The van der Waals surface area contributed by atoms with E-state index >= 15 is 0 Å². The number of hydrogen-bond donors (Lipinski definition) is 0. The van der Waals surface area contributed by atoms with Gasteiger partial charge < -0.3 is 4.57 Å². The highest BCUT2D eigenvalue weighted by atomic mass is 32.1. The van der Waals surface area contributed by atoms with Crippen molar-refractivity contribution >= 4 is 81.3 Å². The van der Waals surface area contributed by atoms with E-state index in [1.807, 2.05) is 17.5 Å². The summed E-state index contributed by atoms with van der Waals surface area (Å²) < 4.78 is 4.82. The fourth-order valence-electron chi connectivity index (χ4n) is 7.40. The number of rotatable bonds is 5. The average Bonchev–Trinajstić information content (AvgIpc) is 3.72. The second kappa shape index (κ2) is 11.2. The lowest BCUT2D eigenvalue weighted by molar-refractivity contribution is 1.17. The molecule has 230 valence electrons. The molecule has 3 nitrogen and oxygen atoms in total. The Balaban J connectivity index is 1.24. The Morgan fingerprint density at radius 1 is 0.490 bits per heavy atom. The van der Waals surface area contributed by atoms with Crippen LogP contribution in [0.5, 0.6) is 0 Å². The molecule has 0 radical (unpaired) electrons. The van der Waals surface area contributed by atoms with Gasteiger partial charge in [-0.1, -0.05) is 115 Å². The van der Waals surface area contributed by atoms with Crippen molar-refractivity contribution in [2.75, 3.05) is 4.90 Å². The molecule has 0 fully saturated rings. The minimum Gasteiger partial charge on any atom is -0.309 e. The van der Waals surface area contributed by atoms with Gasteiger partial charge in [0.15, 0.2) is 5.82 Å². The highest BCUT2D eigenvalue weighted by Gasteiger charge is 2.22. The molecule has 4 heteroatoms. The summed E-state index contributed by atoms with van der Waals surface area (Å²) >= 11 is 1.82. The first-order chi connectivity index (χ1) is 24.3. The van der Waals surface area contributed by atoms with Crippen molar-refractivity contribution in [3.05, 3.63) is 176 Å². The first-order valence-corrected chi connectivity index (χ1v) is 17.4. The van der Waals surface area contributed by atoms with Gasteiger partial charge in [-0.25, -0.2) is 4.98 Å². The predicted octanol–water partition coefficient (Wildman–Crippen LogP) is 12.8. The Morgan fingerprint density at radius 2 is 1.16 bits per heavy atom. The van der Waals surface area contributed by atoms with Gasteiger partial charge in [0.2, 0.25) is 0 Å². The quantitative estimate of drug-likeness (QED) is 0.186. The van der Waals surface area contributed by atoms with Crippen LogP contribution in [-0.4, -0.2) is 9.55 Å². The number of anilines is 3. The summed E-state index contributed by atoms with van der Waals surface area (Å²) in [4.78, 5) is 7.48. The van der Waals surface area contributed by atoms with E-state index in [2.05, 4.69) is 179 Å². The van der Waals surface area contributed by atoms with Crippen LogP contribution in [0.4, 0.5) is 17.2 Å². The van der Waals surface area contributed by atoms with Gasteiger partial charge in [0.1, 0.15) is 0 Å². The number of fused-ring (bicyclic) bond motifs is 8. The molecule has 0 aliphatic carbocycles. The number of aromatic nitrogens is 2. The molecule has 0 N–H and O–H groups in total. The van der Waals surface area contributed by atoms with Crippen molar-refractivity contribution in [3.63, 3.8) is 0 Å². The Morgan fingerprint density at radius 3 is 2.00 bits per heavy atom. The third kappa shape index (κ3) is 4.46. The average molecular weight is 644 g/mol.